The quantitative estimate of drug-likeness (QED) is 0.196. The maximum absolute atomic E-state index is 12.9. The third kappa shape index (κ3) is 6.70. The molecule has 3 aromatic rings. The van der Waals surface area contributed by atoms with Crippen LogP contribution in [0.1, 0.15) is 40.4 Å². The van der Waals surface area contributed by atoms with Gasteiger partial charge in [-0.1, -0.05) is 29.3 Å². The number of esters is 1. The molecule has 1 fully saturated rings. The van der Waals surface area contributed by atoms with E-state index in [-0.39, 0.29) is 33.5 Å². The number of alkyl halides is 2. The molecule has 2 aromatic heterocycles. The van der Waals surface area contributed by atoms with Crippen LogP contribution < -0.4 is 14.2 Å². The Balaban J connectivity index is 1.68. The van der Waals surface area contributed by atoms with Gasteiger partial charge in [0.15, 0.2) is 23.9 Å². The molecule has 0 saturated heterocycles. The largest absolute Gasteiger partial charge is 0.619 e. The highest BCUT2D eigenvalue weighted by atomic mass is 35.5. The average molecular weight is 525 g/mol. The third-order valence-electron chi connectivity index (χ3n) is 5.34. The monoisotopic (exact) mass is 524 g/mol. The Morgan fingerprint density at radius 3 is 2.43 bits per heavy atom. The molecule has 11 heteroatoms. The Hall–Kier alpha value is -3.17. The van der Waals surface area contributed by atoms with Gasteiger partial charge in [0.2, 0.25) is 0 Å². The number of carbonyl (C=O) groups is 1. The van der Waals surface area contributed by atoms with Crippen LogP contribution in [0.4, 0.5) is 8.78 Å². The molecule has 184 valence electrons. The highest BCUT2D eigenvalue weighted by molar-refractivity contribution is 6.35. The molecule has 0 aliphatic heterocycles. The first-order valence-electron chi connectivity index (χ1n) is 10.7. The van der Waals surface area contributed by atoms with Crippen LogP contribution in [0, 0.1) is 11.1 Å². The topological polar surface area (TPSA) is 84.6 Å². The van der Waals surface area contributed by atoms with Crippen LogP contribution in [-0.4, -0.2) is 24.2 Å². The van der Waals surface area contributed by atoms with Gasteiger partial charge < -0.3 is 19.4 Å². The number of halogens is 4. The summed E-state index contributed by atoms with van der Waals surface area (Å²) in [6, 6.07) is 7.29. The first-order chi connectivity index (χ1) is 16.8. The Kier molecular flexibility index (Phi) is 7.87. The van der Waals surface area contributed by atoms with Crippen molar-refractivity contribution in [3.05, 3.63) is 87.1 Å². The van der Waals surface area contributed by atoms with Crippen molar-refractivity contribution in [1.29, 1.82) is 0 Å². The Morgan fingerprint density at radius 1 is 1.11 bits per heavy atom. The number of hydrogen-bond acceptors (Lipinski definition) is 6. The van der Waals surface area contributed by atoms with Crippen molar-refractivity contribution in [2.24, 2.45) is 5.92 Å². The van der Waals surface area contributed by atoms with Crippen molar-refractivity contribution in [2.75, 3.05) is 6.61 Å². The predicted molar refractivity (Wildman–Crippen MR) is 123 cm³/mol. The number of benzene rings is 1. The smallest absolute Gasteiger partial charge is 0.387 e. The summed E-state index contributed by atoms with van der Waals surface area (Å²) in [6.07, 6.45) is 6.23. The molecule has 0 amide bonds. The van der Waals surface area contributed by atoms with Gasteiger partial charge in [0.25, 0.3) is 0 Å². The van der Waals surface area contributed by atoms with Gasteiger partial charge in [-0.05, 0) is 48.6 Å². The van der Waals surface area contributed by atoms with Crippen molar-refractivity contribution in [3.63, 3.8) is 0 Å². The summed E-state index contributed by atoms with van der Waals surface area (Å²) < 4.78 is 42.4. The van der Waals surface area contributed by atoms with Gasteiger partial charge in [0.1, 0.15) is 16.1 Å². The maximum atomic E-state index is 12.9. The van der Waals surface area contributed by atoms with Crippen LogP contribution in [0.25, 0.3) is 0 Å². The van der Waals surface area contributed by atoms with E-state index in [1.165, 1.54) is 42.7 Å². The Bertz CT molecular complexity index is 1170. The van der Waals surface area contributed by atoms with Crippen LogP contribution in [-0.2, 0) is 11.2 Å². The second kappa shape index (κ2) is 11.0. The molecular formula is C24H20Cl2F2N2O5. The molecule has 0 spiro atoms. The number of nitrogens with zero attached hydrogens (tertiary/aromatic N) is 2. The lowest BCUT2D eigenvalue weighted by molar-refractivity contribution is -0.605. The summed E-state index contributed by atoms with van der Waals surface area (Å²) >= 11 is 12.5. The molecule has 1 aliphatic rings. The van der Waals surface area contributed by atoms with Crippen LogP contribution in [0.2, 0.25) is 10.0 Å². The first kappa shape index (κ1) is 24.9. The van der Waals surface area contributed by atoms with Crippen molar-refractivity contribution in [2.45, 2.75) is 32.0 Å². The van der Waals surface area contributed by atoms with E-state index < -0.39 is 18.7 Å². The number of pyridine rings is 2. The maximum Gasteiger partial charge on any atom is 0.387 e. The second-order valence-electron chi connectivity index (χ2n) is 7.97. The van der Waals surface area contributed by atoms with Crippen molar-refractivity contribution >= 4 is 29.2 Å². The molecule has 1 unspecified atom stereocenters. The van der Waals surface area contributed by atoms with Crippen LogP contribution in [0.5, 0.6) is 11.5 Å². The van der Waals surface area contributed by atoms with Gasteiger partial charge >= 0.3 is 12.6 Å². The predicted octanol–water partition coefficient (Wildman–Crippen LogP) is 5.55. The highest BCUT2D eigenvalue weighted by Crippen LogP contribution is 2.38. The number of hydrogen-bond donors (Lipinski definition) is 0. The molecule has 7 nitrogen and oxygen atoms in total. The van der Waals surface area contributed by atoms with Crippen LogP contribution in [0.15, 0.2) is 55.1 Å². The van der Waals surface area contributed by atoms with E-state index in [1.54, 1.807) is 0 Å². The number of rotatable bonds is 10. The van der Waals surface area contributed by atoms with E-state index in [2.05, 4.69) is 9.72 Å². The summed E-state index contributed by atoms with van der Waals surface area (Å²) in [5.41, 5.74) is 1.07. The van der Waals surface area contributed by atoms with E-state index in [0.717, 1.165) is 25.2 Å². The fourth-order valence-corrected chi connectivity index (χ4v) is 3.95. The SMILES string of the molecule is O=C(OC(Cc1c(Cl)c[n+]([O-])cc1Cl)c1ccc(OC(F)F)c(OCC2CC2)c1)c1ccncc1. The van der Waals surface area contributed by atoms with Crippen LogP contribution in [0.3, 0.4) is 0 Å². The molecule has 1 atom stereocenters. The number of carbonyl (C=O) groups excluding carboxylic acids is 1. The zero-order chi connectivity index (χ0) is 24.9. The number of aromatic nitrogens is 2. The lowest BCUT2D eigenvalue weighted by Gasteiger charge is -2.21. The van der Waals surface area contributed by atoms with E-state index in [9.17, 15) is 18.8 Å². The summed E-state index contributed by atoms with van der Waals surface area (Å²) in [5.74, 6) is -0.319. The van der Waals surface area contributed by atoms with Crippen molar-refractivity contribution in [3.8, 4) is 11.5 Å². The standard InChI is InChI=1S/C24H20Cl2F2N2O5/c25-18-11-30(32)12-19(26)17(18)10-21(34-23(31)15-5-7-29-8-6-15)16-3-4-20(35-24(27)28)22(9-16)33-13-14-1-2-14/h3-9,11-12,14,21,24H,1-2,10,13H2. The lowest BCUT2D eigenvalue weighted by Crippen LogP contribution is -2.25. The molecule has 35 heavy (non-hydrogen) atoms. The van der Waals surface area contributed by atoms with Gasteiger partial charge in [-0.25, -0.2) is 4.79 Å². The highest BCUT2D eigenvalue weighted by Gasteiger charge is 2.26. The zero-order valence-corrected chi connectivity index (χ0v) is 19.7. The molecule has 2 heterocycles. The van der Waals surface area contributed by atoms with Gasteiger partial charge in [0.05, 0.1) is 12.2 Å². The van der Waals surface area contributed by atoms with Gasteiger partial charge in [-0.3, -0.25) is 4.98 Å². The molecule has 4 rings (SSSR count). The van der Waals surface area contributed by atoms with Crippen LogP contribution >= 0.6 is 23.2 Å². The van der Waals surface area contributed by atoms with E-state index in [0.29, 0.717) is 28.4 Å². The summed E-state index contributed by atoms with van der Waals surface area (Å²) in [4.78, 5) is 16.7. The minimum atomic E-state index is -3.04. The molecule has 0 radical (unpaired) electrons. The second-order valence-corrected chi connectivity index (χ2v) is 8.78. The molecule has 1 saturated carbocycles. The van der Waals surface area contributed by atoms with Crippen molar-refractivity contribution in [1.82, 2.24) is 4.98 Å². The first-order valence-corrected chi connectivity index (χ1v) is 11.4. The summed E-state index contributed by atoms with van der Waals surface area (Å²) in [6.45, 7) is -2.69. The fraction of sp³-hybridized carbons (Fsp3) is 0.292. The molecule has 1 aromatic carbocycles. The third-order valence-corrected chi connectivity index (χ3v) is 5.99. The lowest BCUT2D eigenvalue weighted by atomic mass is 10.0. The molecule has 0 bridgehead atoms. The summed E-state index contributed by atoms with van der Waals surface area (Å²) in [5, 5.41) is 11.8. The van der Waals surface area contributed by atoms with Gasteiger partial charge in [-0.2, -0.15) is 13.5 Å². The minimum Gasteiger partial charge on any atom is -0.619 e. The molecular weight excluding hydrogens is 505 g/mol. The minimum absolute atomic E-state index is 0.00640. The molecule has 1 aliphatic carbocycles. The van der Waals surface area contributed by atoms with E-state index >= 15 is 0 Å². The molecule has 0 N–H and O–H groups in total. The van der Waals surface area contributed by atoms with Gasteiger partial charge in [-0.15, -0.1) is 0 Å². The Morgan fingerprint density at radius 2 is 1.80 bits per heavy atom. The fourth-order valence-electron chi connectivity index (χ4n) is 3.35. The Labute approximate surface area is 209 Å². The van der Waals surface area contributed by atoms with Crippen molar-refractivity contribution < 1.29 is 32.5 Å². The zero-order valence-electron chi connectivity index (χ0n) is 18.2. The van der Waals surface area contributed by atoms with E-state index in [1.807, 2.05) is 0 Å². The van der Waals surface area contributed by atoms with Gasteiger partial charge in [0, 0.05) is 24.4 Å². The summed E-state index contributed by atoms with van der Waals surface area (Å²) in [7, 11) is 0. The number of ether oxygens (including phenoxy) is 3. The average Bonchev–Trinajstić information content (AvgIpc) is 3.64. The van der Waals surface area contributed by atoms with E-state index in [4.69, 9.17) is 32.7 Å². The normalized spacial score (nSPS) is 14.0.